The van der Waals surface area contributed by atoms with Crippen molar-refractivity contribution in [3.05, 3.63) is 41.8 Å². The van der Waals surface area contributed by atoms with Gasteiger partial charge in [0.25, 0.3) is 0 Å². The largest absolute Gasteiger partial charge is 0.354 e. The van der Waals surface area contributed by atoms with Crippen LogP contribution >= 0.6 is 0 Å². The van der Waals surface area contributed by atoms with Crippen molar-refractivity contribution in [3.8, 4) is 11.4 Å². The van der Waals surface area contributed by atoms with Gasteiger partial charge in [0.05, 0.1) is 0 Å². The highest BCUT2D eigenvalue weighted by molar-refractivity contribution is 5.75. The normalized spacial score (nSPS) is 13.7. The second-order valence-corrected chi connectivity index (χ2v) is 6.07. The average molecular weight is 357 g/mol. The minimum Gasteiger partial charge on any atom is -0.354 e. The maximum absolute atomic E-state index is 12.9. The smallest absolute Gasteiger partial charge is 0.243 e. The van der Waals surface area contributed by atoms with Crippen molar-refractivity contribution in [1.29, 1.82) is 0 Å². The van der Waals surface area contributed by atoms with Gasteiger partial charge in [0.15, 0.2) is 5.82 Å². The van der Waals surface area contributed by atoms with E-state index in [0.29, 0.717) is 36.2 Å². The van der Waals surface area contributed by atoms with Crippen molar-refractivity contribution >= 4 is 5.91 Å². The number of carbonyl (C=O) groups excluding carboxylic acids is 1. The molecular formula is C16H16FN7O2. The van der Waals surface area contributed by atoms with Crippen molar-refractivity contribution in [2.75, 3.05) is 6.54 Å². The van der Waals surface area contributed by atoms with Crippen LogP contribution in [0.3, 0.4) is 0 Å². The van der Waals surface area contributed by atoms with E-state index in [0.717, 1.165) is 18.7 Å². The monoisotopic (exact) mass is 357 g/mol. The van der Waals surface area contributed by atoms with Crippen LogP contribution in [0.15, 0.2) is 28.8 Å². The minimum absolute atomic E-state index is 0.0641. The quantitative estimate of drug-likeness (QED) is 0.674. The molecular weight excluding hydrogens is 341 g/mol. The maximum Gasteiger partial charge on any atom is 0.243 e. The first-order valence-corrected chi connectivity index (χ1v) is 8.30. The van der Waals surface area contributed by atoms with Gasteiger partial charge in [-0.15, -0.1) is 10.2 Å². The number of tetrazole rings is 1. The Labute approximate surface area is 147 Å². The first kappa shape index (κ1) is 16.3. The fourth-order valence-corrected chi connectivity index (χ4v) is 2.39. The number of nitrogens with one attached hydrogen (secondary N) is 1. The molecule has 1 aliphatic carbocycles. The molecule has 1 aromatic carbocycles. The lowest BCUT2D eigenvalue weighted by Gasteiger charge is -2.01. The number of hydrogen-bond acceptors (Lipinski definition) is 7. The average Bonchev–Trinajstić information content (AvgIpc) is 3.20. The van der Waals surface area contributed by atoms with Crippen LogP contribution in [0.25, 0.3) is 11.4 Å². The molecule has 0 radical (unpaired) electrons. The highest BCUT2D eigenvalue weighted by Gasteiger charge is 2.28. The summed E-state index contributed by atoms with van der Waals surface area (Å²) in [5.74, 6) is 1.45. The molecule has 0 saturated heterocycles. The number of benzene rings is 1. The summed E-state index contributed by atoms with van der Waals surface area (Å²) >= 11 is 0. The zero-order valence-corrected chi connectivity index (χ0v) is 13.8. The second-order valence-electron chi connectivity index (χ2n) is 6.07. The van der Waals surface area contributed by atoms with Crippen LogP contribution < -0.4 is 5.32 Å². The van der Waals surface area contributed by atoms with E-state index in [1.807, 2.05) is 0 Å². The van der Waals surface area contributed by atoms with Gasteiger partial charge in [-0.2, -0.15) is 9.78 Å². The fraction of sp³-hybridized carbons (Fsp3) is 0.375. The molecule has 1 N–H and O–H groups in total. The van der Waals surface area contributed by atoms with E-state index in [4.69, 9.17) is 4.52 Å². The Hall–Kier alpha value is -3.17. The molecule has 1 fully saturated rings. The summed E-state index contributed by atoms with van der Waals surface area (Å²) in [7, 11) is 0. The molecule has 10 heteroatoms. The predicted octanol–water partition coefficient (Wildman–Crippen LogP) is 1.10. The van der Waals surface area contributed by atoms with Crippen molar-refractivity contribution in [2.45, 2.75) is 31.7 Å². The standard InChI is InChI=1S/C16H16FN7O2/c17-12-5-3-11(4-6-12)16-20-23-24(21-16)9-13(25)18-8-7-14-19-15(22-26-14)10-1-2-10/h3-6,10H,1-2,7-9H2,(H,18,25). The topological polar surface area (TPSA) is 112 Å². The van der Waals surface area contributed by atoms with Gasteiger partial charge in [-0.1, -0.05) is 5.16 Å². The second kappa shape index (κ2) is 6.98. The molecule has 2 heterocycles. The van der Waals surface area contributed by atoms with Crippen LogP contribution in [0.1, 0.15) is 30.5 Å². The maximum atomic E-state index is 12.9. The van der Waals surface area contributed by atoms with Gasteiger partial charge >= 0.3 is 0 Å². The highest BCUT2D eigenvalue weighted by atomic mass is 19.1. The summed E-state index contributed by atoms with van der Waals surface area (Å²) in [6, 6.07) is 5.73. The Bertz CT molecular complexity index is 901. The summed E-state index contributed by atoms with van der Waals surface area (Å²) in [5, 5.41) is 18.5. The third-order valence-corrected chi connectivity index (χ3v) is 3.93. The van der Waals surface area contributed by atoms with Gasteiger partial charge in [0.1, 0.15) is 12.4 Å². The lowest BCUT2D eigenvalue weighted by molar-refractivity contribution is -0.122. The zero-order chi connectivity index (χ0) is 17.9. The molecule has 0 unspecified atom stereocenters. The van der Waals surface area contributed by atoms with Crippen LogP contribution in [0.4, 0.5) is 4.39 Å². The van der Waals surface area contributed by atoms with Crippen LogP contribution in [0.2, 0.25) is 0 Å². The molecule has 0 atom stereocenters. The van der Waals surface area contributed by atoms with Gasteiger partial charge in [0.2, 0.25) is 17.6 Å². The SMILES string of the molecule is O=C(Cn1nnc(-c2ccc(F)cc2)n1)NCCc1nc(C2CC2)no1. The third-order valence-electron chi connectivity index (χ3n) is 3.93. The van der Waals surface area contributed by atoms with Crippen LogP contribution in [0.5, 0.6) is 0 Å². The van der Waals surface area contributed by atoms with E-state index in [2.05, 4.69) is 30.9 Å². The van der Waals surface area contributed by atoms with Gasteiger partial charge in [-0.05, 0) is 42.3 Å². The summed E-state index contributed by atoms with van der Waals surface area (Å²) in [5.41, 5.74) is 0.626. The van der Waals surface area contributed by atoms with Crippen molar-refractivity contribution < 1.29 is 13.7 Å². The molecule has 26 heavy (non-hydrogen) atoms. The number of carbonyl (C=O) groups is 1. The Morgan fingerprint density at radius 3 is 2.88 bits per heavy atom. The Kier molecular flexibility index (Phi) is 4.38. The molecule has 9 nitrogen and oxygen atoms in total. The summed E-state index contributed by atoms with van der Waals surface area (Å²) in [6.07, 6.45) is 2.69. The first-order chi connectivity index (χ1) is 12.7. The molecule has 134 valence electrons. The molecule has 0 bridgehead atoms. The van der Waals surface area contributed by atoms with Crippen LogP contribution in [-0.4, -0.2) is 42.8 Å². The highest BCUT2D eigenvalue weighted by Crippen LogP contribution is 2.38. The van der Waals surface area contributed by atoms with E-state index >= 15 is 0 Å². The number of aromatic nitrogens is 6. The molecule has 1 amide bonds. The van der Waals surface area contributed by atoms with Crippen LogP contribution in [0, 0.1) is 5.82 Å². The number of amides is 1. The summed E-state index contributed by atoms with van der Waals surface area (Å²) < 4.78 is 18.1. The number of hydrogen-bond donors (Lipinski definition) is 1. The number of nitrogens with zero attached hydrogens (tertiary/aromatic N) is 6. The van der Waals surface area contributed by atoms with E-state index in [1.54, 1.807) is 12.1 Å². The Balaban J connectivity index is 1.26. The lowest BCUT2D eigenvalue weighted by Crippen LogP contribution is -2.30. The van der Waals surface area contributed by atoms with E-state index in [-0.39, 0.29) is 18.3 Å². The number of halogens is 1. The fourth-order valence-electron chi connectivity index (χ4n) is 2.39. The first-order valence-electron chi connectivity index (χ1n) is 8.30. The summed E-state index contributed by atoms with van der Waals surface area (Å²) in [4.78, 5) is 17.4. The van der Waals surface area contributed by atoms with E-state index in [9.17, 15) is 9.18 Å². The molecule has 3 aromatic rings. The van der Waals surface area contributed by atoms with Gasteiger partial charge < -0.3 is 9.84 Å². The van der Waals surface area contributed by atoms with Gasteiger partial charge in [-0.25, -0.2) is 4.39 Å². The van der Waals surface area contributed by atoms with Crippen molar-refractivity contribution in [1.82, 2.24) is 35.7 Å². The van der Waals surface area contributed by atoms with E-state index in [1.165, 1.54) is 16.9 Å². The minimum atomic E-state index is -0.342. The molecule has 4 rings (SSSR count). The van der Waals surface area contributed by atoms with Gasteiger partial charge in [-0.3, -0.25) is 4.79 Å². The predicted molar refractivity (Wildman–Crippen MR) is 86.2 cm³/mol. The van der Waals surface area contributed by atoms with Crippen LogP contribution in [-0.2, 0) is 17.8 Å². The Morgan fingerprint density at radius 1 is 1.31 bits per heavy atom. The molecule has 1 aliphatic rings. The van der Waals surface area contributed by atoms with E-state index < -0.39 is 0 Å². The molecule has 0 aliphatic heterocycles. The lowest BCUT2D eigenvalue weighted by atomic mass is 10.2. The summed E-state index contributed by atoms with van der Waals surface area (Å²) in [6.45, 7) is 0.315. The van der Waals surface area contributed by atoms with Crippen molar-refractivity contribution in [2.24, 2.45) is 0 Å². The van der Waals surface area contributed by atoms with Gasteiger partial charge in [0, 0.05) is 24.4 Å². The third kappa shape index (κ3) is 3.90. The zero-order valence-electron chi connectivity index (χ0n) is 13.8. The van der Waals surface area contributed by atoms with Crippen molar-refractivity contribution in [3.63, 3.8) is 0 Å². The number of rotatable bonds is 7. The molecule has 2 aromatic heterocycles. The Morgan fingerprint density at radius 2 is 2.12 bits per heavy atom. The molecule has 1 saturated carbocycles. The molecule has 0 spiro atoms.